The minimum Gasteiger partial charge on any atom is -1.02 e. The van der Waals surface area contributed by atoms with E-state index < -0.39 is 15.8 Å². The van der Waals surface area contributed by atoms with Crippen LogP contribution in [0, 0.1) is 6.26 Å². The van der Waals surface area contributed by atoms with Crippen LogP contribution in [0.4, 0.5) is 0 Å². The van der Waals surface area contributed by atoms with Gasteiger partial charge in [0.05, 0.1) is 0 Å². The summed E-state index contributed by atoms with van der Waals surface area (Å²) in [6, 6.07) is 64.7. The predicted octanol–water partition coefficient (Wildman–Crippen LogP) is 7.21. The molecule has 0 heterocycles. The third-order valence-corrected chi connectivity index (χ3v) is 11.0. The van der Waals surface area contributed by atoms with Crippen LogP contribution >= 0.6 is 15.8 Å². The molecule has 4 heteroatoms. The molecule has 0 aliphatic rings. The van der Waals surface area contributed by atoms with Gasteiger partial charge in [-0.2, -0.15) is 0 Å². The zero-order valence-corrected chi connectivity index (χ0v) is 27.5. The molecule has 0 spiro atoms. The molecule has 0 N–H and O–H groups in total. The largest absolute Gasteiger partial charge is 2.00 e. The van der Waals surface area contributed by atoms with Gasteiger partial charge >= 0.3 is 21.1 Å². The zero-order valence-electron chi connectivity index (χ0n) is 22.6. The monoisotopic (exact) mass is 765 g/mol. The third-order valence-electron chi connectivity index (χ3n) is 6.09. The molecular weight excluding hydrogens is 734 g/mol. The van der Waals surface area contributed by atoms with E-state index in [1.54, 1.807) is 0 Å². The summed E-state index contributed by atoms with van der Waals surface area (Å²) in [5, 5.41) is 8.39. The molecule has 0 aliphatic heterocycles. The summed E-state index contributed by atoms with van der Waals surface area (Å²) in [6.45, 7) is 0. The van der Waals surface area contributed by atoms with Gasteiger partial charge < -0.3 is 18.9 Å². The topological polar surface area (TPSA) is 0 Å². The molecule has 0 unspecified atom stereocenters. The molecule has 0 bridgehead atoms. The fraction of sp³-hybridized carbons (Fsp3) is 0. The minimum absolute atomic E-state index is 0. The van der Waals surface area contributed by atoms with Gasteiger partial charge in [0.15, 0.2) is 0 Å². The summed E-state index contributed by atoms with van der Waals surface area (Å²) in [7, 11) is -0.892. The van der Waals surface area contributed by atoms with Crippen molar-refractivity contribution in [3.8, 4) is 0 Å². The standard InChI is InChI=1S/2C18H15P.CH2S.Pt/c2*1-4-10-16(11-5-1)19(17-12-6-2-7-13-17)18-14-8-3-9-15-18;1-2;/h2*1-15H;1H2;/q;;-2;+2. The molecule has 41 heavy (non-hydrogen) atoms. The maximum Gasteiger partial charge on any atom is 2.00 e. The SMILES string of the molecule is [CH2-][S-].[Pt+2].c1ccc(P(c2ccccc2)c2ccccc2)cc1.c1ccc(P(c2ccccc2)c2ccccc2)cc1. The van der Waals surface area contributed by atoms with Crippen molar-refractivity contribution in [2.45, 2.75) is 0 Å². The Labute approximate surface area is 268 Å². The van der Waals surface area contributed by atoms with Crippen LogP contribution < -0.4 is 31.8 Å². The molecule has 0 atom stereocenters. The maximum atomic E-state index is 3.83. The van der Waals surface area contributed by atoms with E-state index in [0.29, 0.717) is 0 Å². The van der Waals surface area contributed by atoms with Crippen LogP contribution in [-0.4, -0.2) is 0 Å². The van der Waals surface area contributed by atoms with Gasteiger partial charge in [-0.1, -0.05) is 182 Å². The van der Waals surface area contributed by atoms with Crippen molar-refractivity contribution >= 4 is 60.3 Å². The summed E-state index contributed by atoms with van der Waals surface area (Å²) in [5.41, 5.74) is 0. The molecule has 0 radical (unpaired) electrons. The van der Waals surface area contributed by atoms with Crippen LogP contribution in [0.3, 0.4) is 0 Å². The summed E-state index contributed by atoms with van der Waals surface area (Å²) >= 11 is 3.83. The normalized spacial score (nSPS) is 9.95. The maximum absolute atomic E-state index is 3.83. The van der Waals surface area contributed by atoms with E-state index in [2.05, 4.69) is 201 Å². The van der Waals surface area contributed by atoms with Crippen LogP contribution in [0.1, 0.15) is 0 Å². The van der Waals surface area contributed by atoms with E-state index in [1.807, 2.05) is 0 Å². The van der Waals surface area contributed by atoms with E-state index in [9.17, 15) is 0 Å². The van der Waals surface area contributed by atoms with Gasteiger partial charge in [0.1, 0.15) is 0 Å². The second-order valence-electron chi connectivity index (χ2n) is 8.68. The molecule has 6 aromatic carbocycles. The van der Waals surface area contributed by atoms with Gasteiger partial charge in [-0.25, -0.2) is 0 Å². The van der Waals surface area contributed by atoms with E-state index in [1.165, 1.54) is 31.8 Å². The van der Waals surface area contributed by atoms with E-state index in [-0.39, 0.29) is 21.1 Å². The second-order valence-corrected chi connectivity index (χ2v) is 13.1. The van der Waals surface area contributed by atoms with Crippen molar-refractivity contribution < 1.29 is 21.1 Å². The Morgan fingerprint density at radius 1 is 0.268 bits per heavy atom. The summed E-state index contributed by atoms with van der Waals surface area (Å²) in [4.78, 5) is 0. The van der Waals surface area contributed by atoms with Crippen LogP contribution in [0.15, 0.2) is 182 Å². The number of hydrogen-bond acceptors (Lipinski definition) is 1. The molecule has 0 saturated carbocycles. The molecule has 0 nitrogen and oxygen atoms in total. The molecule has 206 valence electrons. The quantitative estimate of drug-likeness (QED) is 0.0982. The summed E-state index contributed by atoms with van der Waals surface area (Å²) < 4.78 is 0. The van der Waals surface area contributed by atoms with Crippen molar-refractivity contribution in [2.24, 2.45) is 0 Å². The van der Waals surface area contributed by atoms with Crippen LogP contribution in [0.5, 0.6) is 0 Å². The van der Waals surface area contributed by atoms with Gasteiger partial charge in [0.2, 0.25) is 0 Å². The van der Waals surface area contributed by atoms with Crippen LogP contribution in [-0.2, 0) is 33.7 Å². The Morgan fingerprint density at radius 3 is 0.512 bits per heavy atom. The molecule has 0 aliphatic carbocycles. The Morgan fingerprint density at radius 2 is 0.390 bits per heavy atom. The first kappa shape index (κ1) is 32.7. The number of rotatable bonds is 6. The zero-order chi connectivity index (χ0) is 27.8. The van der Waals surface area contributed by atoms with Crippen molar-refractivity contribution in [3.05, 3.63) is 188 Å². The van der Waals surface area contributed by atoms with Gasteiger partial charge in [0.25, 0.3) is 0 Å². The molecule has 0 fully saturated rings. The minimum atomic E-state index is -0.446. The van der Waals surface area contributed by atoms with E-state index in [0.717, 1.165) is 0 Å². The molecule has 6 aromatic rings. The smallest absolute Gasteiger partial charge is 1.02 e. The average Bonchev–Trinajstić information content (AvgIpc) is 3.06. The van der Waals surface area contributed by atoms with Crippen molar-refractivity contribution in [1.82, 2.24) is 0 Å². The fourth-order valence-corrected chi connectivity index (χ4v) is 8.97. The molecule has 0 saturated heterocycles. The molecular formula is C37H32P2PtS. The second kappa shape index (κ2) is 18.6. The Bertz CT molecular complexity index is 1180. The predicted molar refractivity (Wildman–Crippen MR) is 183 cm³/mol. The summed E-state index contributed by atoms with van der Waals surface area (Å²) in [6.07, 6.45) is 2.83. The van der Waals surface area contributed by atoms with Crippen molar-refractivity contribution in [1.29, 1.82) is 0 Å². The Balaban J connectivity index is 0.000000208. The first-order chi connectivity index (χ1) is 19.9. The van der Waals surface area contributed by atoms with Gasteiger partial charge in [-0.3, -0.25) is 0 Å². The fourth-order valence-electron chi connectivity index (χ4n) is 4.36. The first-order valence-corrected chi connectivity index (χ1v) is 16.4. The molecule has 6 rings (SSSR count). The molecule has 0 amide bonds. The third kappa shape index (κ3) is 9.64. The van der Waals surface area contributed by atoms with Gasteiger partial charge in [0, 0.05) is 0 Å². The van der Waals surface area contributed by atoms with Gasteiger partial charge in [-0.05, 0) is 47.7 Å². The summed E-state index contributed by atoms with van der Waals surface area (Å²) in [5.74, 6) is 0. The first-order valence-electron chi connectivity index (χ1n) is 13.1. The van der Waals surface area contributed by atoms with Gasteiger partial charge in [-0.15, -0.1) is 0 Å². The van der Waals surface area contributed by atoms with Crippen LogP contribution in [0.2, 0.25) is 0 Å². The van der Waals surface area contributed by atoms with E-state index >= 15 is 0 Å². The Hall–Kier alpha value is -2.78. The average molecular weight is 766 g/mol. The number of benzene rings is 6. The van der Waals surface area contributed by atoms with Crippen molar-refractivity contribution in [2.75, 3.05) is 0 Å². The van der Waals surface area contributed by atoms with Crippen molar-refractivity contribution in [3.63, 3.8) is 0 Å². The molecule has 0 aromatic heterocycles. The van der Waals surface area contributed by atoms with E-state index in [4.69, 9.17) is 0 Å². The van der Waals surface area contributed by atoms with Crippen LogP contribution in [0.25, 0.3) is 0 Å². The number of hydrogen-bond donors (Lipinski definition) is 0. The Kier molecular flexibility index (Phi) is 14.9.